The summed E-state index contributed by atoms with van der Waals surface area (Å²) >= 11 is 0. The molecule has 1 N–H and O–H groups in total. The van der Waals surface area contributed by atoms with Crippen LogP contribution in [-0.2, 0) is 0 Å². The molecule has 0 spiro atoms. The number of nitrogens with one attached hydrogen (secondary N) is 1. The average Bonchev–Trinajstić information content (AvgIpc) is 2.40. The first-order valence-corrected chi connectivity index (χ1v) is 8.20. The maximum absolute atomic E-state index is 3.56. The van der Waals surface area contributed by atoms with Gasteiger partial charge >= 0.3 is 0 Å². The molecule has 106 valence electrons. The predicted octanol–water partition coefficient (Wildman–Crippen LogP) is 3.28. The maximum Gasteiger partial charge on any atom is 0.00388 e. The van der Waals surface area contributed by atoms with Gasteiger partial charge in [0.2, 0.25) is 0 Å². The zero-order valence-corrected chi connectivity index (χ0v) is 12.5. The van der Waals surface area contributed by atoms with Crippen LogP contribution in [0.3, 0.4) is 0 Å². The molecule has 0 aromatic heterocycles. The molecule has 18 heavy (non-hydrogen) atoms. The summed E-state index contributed by atoms with van der Waals surface area (Å²) in [5.74, 6) is 1.88. The van der Waals surface area contributed by atoms with Gasteiger partial charge in [0.15, 0.2) is 0 Å². The van der Waals surface area contributed by atoms with Gasteiger partial charge in [0, 0.05) is 19.1 Å². The first kappa shape index (κ1) is 14.3. The van der Waals surface area contributed by atoms with E-state index in [9.17, 15) is 0 Å². The van der Waals surface area contributed by atoms with E-state index in [1.54, 1.807) is 0 Å². The lowest BCUT2D eigenvalue weighted by Gasteiger charge is -2.36. The number of hydrogen-bond donors (Lipinski definition) is 1. The smallest absolute Gasteiger partial charge is 0.00388 e. The van der Waals surface area contributed by atoms with E-state index in [1.165, 1.54) is 71.1 Å². The molecule has 1 saturated heterocycles. The molecule has 2 fully saturated rings. The zero-order valence-electron chi connectivity index (χ0n) is 12.5. The number of nitrogens with zero attached hydrogens (tertiary/aromatic N) is 1. The molecule has 0 amide bonds. The predicted molar refractivity (Wildman–Crippen MR) is 78.9 cm³/mol. The summed E-state index contributed by atoms with van der Waals surface area (Å²) in [5.41, 5.74) is 0. The van der Waals surface area contributed by atoms with Gasteiger partial charge < -0.3 is 10.2 Å². The minimum Gasteiger partial charge on any atom is -0.316 e. The summed E-state index contributed by atoms with van der Waals surface area (Å²) in [5, 5.41) is 3.56. The van der Waals surface area contributed by atoms with Crippen LogP contribution >= 0.6 is 0 Å². The van der Waals surface area contributed by atoms with Crippen molar-refractivity contribution >= 4 is 0 Å². The van der Waals surface area contributed by atoms with Crippen molar-refractivity contribution in [2.24, 2.45) is 11.8 Å². The van der Waals surface area contributed by atoms with Gasteiger partial charge in [-0.25, -0.2) is 0 Å². The summed E-state index contributed by atoms with van der Waals surface area (Å²) in [4.78, 5) is 2.76. The van der Waals surface area contributed by atoms with Gasteiger partial charge in [0.25, 0.3) is 0 Å². The summed E-state index contributed by atoms with van der Waals surface area (Å²) in [6, 6.07) is 0.717. The molecular formula is C16H32N2. The molecule has 1 atom stereocenters. The van der Waals surface area contributed by atoms with Crippen molar-refractivity contribution in [2.45, 2.75) is 64.8 Å². The van der Waals surface area contributed by atoms with E-state index >= 15 is 0 Å². The minimum absolute atomic E-state index is 0.717. The van der Waals surface area contributed by atoms with Gasteiger partial charge in [0.1, 0.15) is 0 Å². The molecule has 1 aliphatic heterocycles. The molecule has 2 heteroatoms. The number of piperidine rings is 1. The molecule has 0 aromatic carbocycles. The van der Waals surface area contributed by atoms with Crippen molar-refractivity contribution in [3.8, 4) is 0 Å². The molecule has 0 bridgehead atoms. The van der Waals surface area contributed by atoms with Gasteiger partial charge in [-0.2, -0.15) is 0 Å². The van der Waals surface area contributed by atoms with Crippen LogP contribution in [0.2, 0.25) is 0 Å². The number of hydrogen-bond acceptors (Lipinski definition) is 2. The third kappa shape index (κ3) is 4.55. The third-order valence-corrected chi connectivity index (χ3v) is 4.84. The lowest BCUT2D eigenvalue weighted by Crippen LogP contribution is -2.43. The summed E-state index contributed by atoms with van der Waals surface area (Å²) in [6.07, 6.45) is 10.2. The molecule has 2 aliphatic rings. The summed E-state index contributed by atoms with van der Waals surface area (Å²) in [6.45, 7) is 9.90. The van der Waals surface area contributed by atoms with Crippen LogP contribution in [0.4, 0.5) is 0 Å². The van der Waals surface area contributed by atoms with E-state index in [4.69, 9.17) is 0 Å². The van der Waals surface area contributed by atoms with Crippen LogP contribution in [0, 0.1) is 11.8 Å². The second kappa shape index (κ2) is 7.49. The Morgan fingerprint density at radius 3 is 2.22 bits per heavy atom. The fourth-order valence-electron chi connectivity index (χ4n) is 3.61. The fourth-order valence-corrected chi connectivity index (χ4v) is 3.61. The Morgan fingerprint density at radius 1 is 0.944 bits per heavy atom. The first-order valence-electron chi connectivity index (χ1n) is 8.20. The van der Waals surface area contributed by atoms with Gasteiger partial charge in [-0.15, -0.1) is 0 Å². The van der Waals surface area contributed by atoms with Gasteiger partial charge in [-0.3, -0.25) is 0 Å². The Kier molecular flexibility index (Phi) is 5.97. The highest BCUT2D eigenvalue weighted by Crippen LogP contribution is 2.25. The quantitative estimate of drug-likeness (QED) is 0.808. The van der Waals surface area contributed by atoms with Crippen LogP contribution < -0.4 is 5.32 Å². The Bertz CT molecular complexity index is 195. The summed E-state index contributed by atoms with van der Waals surface area (Å²) in [7, 11) is 0. The monoisotopic (exact) mass is 252 g/mol. The van der Waals surface area contributed by atoms with Crippen molar-refractivity contribution in [3.05, 3.63) is 0 Å². The summed E-state index contributed by atoms with van der Waals surface area (Å²) < 4.78 is 0. The highest BCUT2D eigenvalue weighted by molar-refractivity contribution is 4.77. The first-order chi connectivity index (χ1) is 8.75. The van der Waals surface area contributed by atoms with Crippen LogP contribution in [0.5, 0.6) is 0 Å². The van der Waals surface area contributed by atoms with E-state index in [1.807, 2.05) is 0 Å². The molecule has 2 rings (SSSR count). The Balaban J connectivity index is 1.78. The molecule has 1 unspecified atom stereocenters. The molecule has 1 heterocycles. The minimum atomic E-state index is 0.717. The SMILES string of the molecule is CC(C)N(CC1CCCCC1)CC1CCCNC1. The van der Waals surface area contributed by atoms with Crippen molar-refractivity contribution in [1.29, 1.82) is 0 Å². The van der Waals surface area contributed by atoms with Crippen molar-refractivity contribution < 1.29 is 0 Å². The molecule has 0 radical (unpaired) electrons. The van der Waals surface area contributed by atoms with Crippen LogP contribution in [0.15, 0.2) is 0 Å². The van der Waals surface area contributed by atoms with Gasteiger partial charge in [0.05, 0.1) is 0 Å². The fraction of sp³-hybridized carbons (Fsp3) is 1.00. The maximum atomic E-state index is 3.56. The standard InChI is InChI=1S/C16H32N2/c1-14(2)18(12-15-7-4-3-5-8-15)13-16-9-6-10-17-11-16/h14-17H,3-13H2,1-2H3. The topological polar surface area (TPSA) is 15.3 Å². The van der Waals surface area contributed by atoms with E-state index in [0.717, 1.165) is 11.8 Å². The van der Waals surface area contributed by atoms with E-state index in [0.29, 0.717) is 6.04 Å². The van der Waals surface area contributed by atoms with Crippen molar-refractivity contribution in [2.75, 3.05) is 26.2 Å². The van der Waals surface area contributed by atoms with E-state index in [2.05, 4.69) is 24.1 Å². The highest BCUT2D eigenvalue weighted by atomic mass is 15.2. The lowest BCUT2D eigenvalue weighted by molar-refractivity contribution is 0.133. The Hall–Kier alpha value is -0.0800. The van der Waals surface area contributed by atoms with Gasteiger partial charge in [-0.1, -0.05) is 19.3 Å². The molecular weight excluding hydrogens is 220 g/mol. The second-order valence-electron chi connectivity index (χ2n) is 6.76. The van der Waals surface area contributed by atoms with Crippen molar-refractivity contribution in [1.82, 2.24) is 10.2 Å². The van der Waals surface area contributed by atoms with Gasteiger partial charge in [-0.05, 0) is 64.5 Å². The largest absolute Gasteiger partial charge is 0.316 e. The molecule has 0 aromatic rings. The average molecular weight is 252 g/mol. The third-order valence-electron chi connectivity index (χ3n) is 4.84. The lowest BCUT2D eigenvalue weighted by atomic mass is 9.88. The molecule has 1 saturated carbocycles. The van der Waals surface area contributed by atoms with E-state index < -0.39 is 0 Å². The molecule has 2 nitrogen and oxygen atoms in total. The van der Waals surface area contributed by atoms with Crippen LogP contribution in [-0.4, -0.2) is 37.1 Å². The van der Waals surface area contributed by atoms with E-state index in [-0.39, 0.29) is 0 Å². The number of rotatable bonds is 5. The zero-order chi connectivity index (χ0) is 12.8. The molecule has 1 aliphatic carbocycles. The van der Waals surface area contributed by atoms with Crippen molar-refractivity contribution in [3.63, 3.8) is 0 Å². The Labute approximate surface area is 114 Å². The highest BCUT2D eigenvalue weighted by Gasteiger charge is 2.22. The normalized spacial score (nSPS) is 27.0. The van der Waals surface area contributed by atoms with Crippen LogP contribution in [0.25, 0.3) is 0 Å². The second-order valence-corrected chi connectivity index (χ2v) is 6.76. The Morgan fingerprint density at radius 2 is 1.61 bits per heavy atom. The van der Waals surface area contributed by atoms with Crippen LogP contribution in [0.1, 0.15) is 58.8 Å².